The van der Waals surface area contributed by atoms with E-state index < -0.39 is 12.0 Å². The molecule has 0 spiro atoms. The standard InChI is InChI=1S/C36H28BrN3O3S2/c1-3-43-35(42)31-32(24-10-5-4-6-11-24)38-36-40(33(31)29-14-9-19-44-29)34(41)30(45-36)20-27-22(2)39(28-13-8-7-12-26(27)28)21-23-15-17-25(37)18-16-23/h4-20,33H,3,21H2,1-2H3/b30-20-/t33-/m0/s1. The minimum Gasteiger partial charge on any atom is -0.463 e. The number of thiazole rings is 1. The average Bonchev–Trinajstić information content (AvgIpc) is 3.77. The van der Waals surface area contributed by atoms with Crippen LogP contribution in [-0.2, 0) is 16.1 Å². The Kier molecular flexibility index (Phi) is 7.99. The first-order valence-corrected chi connectivity index (χ1v) is 17.1. The predicted molar refractivity (Wildman–Crippen MR) is 185 cm³/mol. The van der Waals surface area contributed by atoms with Gasteiger partial charge in [0.25, 0.3) is 5.56 Å². The highest BCUT2D eigenvalue weighted by molar-refractivity contribution is 9.10. The molecule has 0 amide bonds. The van der Waals surface area contributed by atoms with Gasteiger partial charge in [0, 0.05) is 43.6 Å². The number of halogens is 1. The smallest absolute Gasteiger partial charge is 0.338 e. The summed E-state index contributed by atoms with van der Waals surface area (Å²) in [5.41, 5.74) is 5.86. The number of hydrogen-bond acceptors (Lipinski definition) is 6. The molecule has 1 atom stereocenters. The van der Waals surface area contributed by atoms with Crippen LogP contribution >= 0.6 is 38.6 Å². The summed E-state index contributed by atoms with van der Waals surface area (Å²) >= 11 is 6.39. The molecule has 0 saturated heterocycles. The Morgan fingerprint density at radius 1 is 1.00 bits per heavy atom. The number of ether oxygens (including phenoxy) is 1. The fourth-order valence-electron chi connectivity index (χ4n) is 5.90. The Morgan fingerprint density at radius 2 is 1.76 bits per heavy atom. The van der Waals surface area contributed by atoms with Crippen LogP contribution in [-0.4, -0.2) is 21.7 Å². The molecule has 1 aliphatic heterocycles. The summed E-state index contributed by atoms with van der Waals surface area (Å²) in [5.74, 6) is -0.473. The lowest BCUT2D eigenvalue weighted by Gasteiger charge is -2.24. The largest absolute Gasteiger partial charge is 0.463 e. The Morgan fingerprint density at radius 3 is 2.49 bits per heavy atom. The Labute approximate surface area is 276 Å². The van der Waals surface area contributed by atoms with Crippen LogP contribution in [0.1, 0.15) is 40.2 Å². The molecule has 0 aliphatic carbocycles. The highest BCUT2D eigenvalue weighted by Gasteiger charge is 2.35. The van der Waals surface area contributed by atoms with E-state index in [0.29, 0.717) is 27.1 Å². The molecule has 0 unspecified atom stereocenters. The first kappa shape index (κ1) is 29.4. The number of para-hydroxylation sites is 1. The van der Waals surface area contributed by atoms with E-state index in [1.165, 1.54) is 28.2 Å². The van der Waals surface area contributed by atoms with Gasteiger partial charge in [0.2, 0.25) is 0 Å². The van der Waals surface area contributed by atoms with Crippen molar-refractivity contribution < 1.29 is 9.53 Å². The van der Waals surface area contributed by atoms with Gasteiger partial charge in [-0.25, -0.2) is 9.79 Å². The van der Waals surface area contributed by atoms with Crippen molar-refractivity contribution in [1.29, 1.82) is 0 Å². The number of fused-ring (bicyclic) bond motifs is 2. The van der Waals surface area contributed by atoms with Gasteiger partial charge in [0.15, 0.2) is 4.80 Å². The normalized spacial score (nSPS) is 14.9. The topological polar surface area (TPSA) is 65.6 Å². The summed E-state index contributed by atoms with van der Waals surface area (Å²) < 4.78 is 11.1. The van der Waals surface area contributed by atoms with E-state index in [1.54, 1.807) is 11.5 Å². The maximum absolute atomic E-state index is 14.4. The minimum atomic E-state index is -0.655. The van der Waals surface area contributed by atoms with Gasteiger partial charge in [-0.05, 0) is 55.1 Å². The van der Waals surface area contributed by atoms with Crippen LogP contribution in [0.3, 0.4) is 0 Å². The van der Waals surface area contributed by atoms with Crippen molar-refractivity contribution in [3.63, 3.8) is 0 Å². The fraction of sp³-hybridized carbons (Fsp3) is 0.139. The lowest BCUT2D eigenvalue weighted by molar-refractivity contribution is -0.138. The molecule has 3 aromatic carbocycles. The molecule has 1 aliphatic rings. The quantitative estimate of drug-likeness (QED) is 0.168. The maximum Gasteiger partial charge on any atom is 0.338 e. The van der Waals surface area contributed by atoms with Gasteiger partial charge in [-0.1, -0.05) is 94.0 Å². The van der Waals surface area contributed by atoms with Crippen LogP contribution in [0.15, 0.2) is 116 Å². The second-order valence-corrected chi connectivity index (χ2v) is 13.6. The first-order valence-electron chi connectivity index (χ1n) is 14.6. The average molecular weight is 695 g/mol. The molecule has 0 N–H and O–H groups in total. The van der Waals surface area contributed by atoms with Gasteiger partial charge in [-0.2, -0.15) is 0 Å². The molecule has 45 heavy (non-hydrogen) atoms. The number of carbonyl (C=O) groups is 1. The van der Waals surface area contributed by atoms with Crippen LogP contribution in [0, 0.1) is 6.92 Å². The van der Waals surface area contributed by atoms with Crippen LogP contribution in [0.2, 0.25) is 0 Å². The molecule has 7 rings (SSSR count). The zero-order valence-electron chi connectivity index (χ0n) is 24.6. The van der Waals surface area contributed by atoms with Crippen molar-refractivity contribution in [2.75, 3.05) is 6.61 Å². The van der Waals surface area contributed by atoms with Crippen LogP contribution in [0.5, 0.6) is 0 Å². The third-order valence-corrected chi connectivity index (χ3v) is 10.4. The highest BCUT2D eigenvalue weighted by Crippen LogP contribution is 2.37. The number of nitrogens with zero attached hydrogens (tertiary/aromatic N) is 3. The molecule has 4 heterocycles. The molecule has 0 fully saturated rings. The van der Waals surface area contributed by atoms with Crippen LogP contribution in [0.25, 0.3) is 22.7 Å². The summed E-state index contributed by atoms with van der Waals surface area (Å²) in [4.78, 5) is 34.4. The first-order chi connectivity index (χ1) is 21.9. The van der Waals surface area contributed by atoms with Gasteiger partial charge in [0.1, 0.15) is 6.04 Å². The summed E-state index contributed by atoms with van der Waals surface area (Å²) in [7, 11) is 0. The number of benzene rings is 3. The van der Waals surface area contributed by atoms with Crippen LogP contribution in [0.4, 0.5) is 0 Å². The molecule has 6 nitrogen and oxygen atoms in total. The molecule has 9 heteroatoms. The van der Waals surface area contributed by atoms with Gasteiger partial charge in [0.05, 0.1) is 22.4 Å². The zero-order valence-corrected chi connectivity index (χ0v) is 27.8. The van der Waals surface area contributed by atoms with Crippen molar-refractivity contribution in [1.82, 2.24) is 9.13 Å². The summed E-state index contributed by atoms with van der Waals surface area (Å²) in [6.07, 6.45) is 1.99. The van der Waals surface area contributed by atoms with Gasteiger partial charge in [-0.15, -0.1) is 11.3 Å². The second-order valence-electron chi connectivity index (χ2n) is 10.7. The highest BCUT2D eigenvalue weighted by atomic mass is 79.9. The van der Waals surface area contributed by atoms with Crippen molar-refractivity contribution in [3.8, 4) is 0 Å². The lowest BCUT2D eigenvalue weighted by atomic mass is 9.97. The number of carbonyl (C=O) groups excluding carboxylic acids is 1. The molecule has 6 aromatic rings. The molecular weight excluding hydrogens is 666 g/mol. The third-order valence-electron chi connectivity index (χ3n) is 8.00. The third kappa shape index (κ3) is 5.35. The molecular formula is C36H28BrN3O3S2. The van der Waals surface area contributed by atoms with E-state index in [0.717, 1.165) is 37.1 Å². The zero-order chi connectivity index (χ0) is 31.1. The number of esters is 1. The van der Waals surface area contributed by atoms with E-state index in [4.69, 9.17) is 9.73 Å². The van der Waals surface area contributed by atoms with E-state index in [1.807, 2.05) is 66.1 Å². The van der Waals surface area contributed by atoms with Crippen molar-refractivity contribution in [2.45, 2.75) is 26.4 Å². The number of hydrogen-bond donors (Lipinski definition) is 0. The molecule has 3 aromatic heterocycles. The molecule has 0 bridgehead atoms. The van der Waals surface area contributed by atoms with E-state index in [9.17, 15) is 9.59 Å². The number of rotatable bonds is 7. The van der Waals surface area contributed by atoms with Crippen LogP contribution < -0.4 is 14.9 Å². The summed E-state index contributed by atoms with van der Waals surface area (Å²) in [6.45, 7) is 4.81. The summed E-state index contributed by atoms with van der Waals surface area (Å²) in [5, 5.41) is 3.03. The SMILES string of the molecule is CCOC(=O)C1=C(c2ccccc2)N=c2s/c(=C\c3c(C)n(Cc4ccc(Br)cc4)c4ccccc34)c(=O)n2[C@H]1c1cccs1. The van der Waals surface area contributed by atoms with E-state index in [-0.39, 0.29) is 12.2 Å². The van der Waals surface area contributed by atoms with Gasteiger partial charge < -0.3 is 9.30 Å². The Bertz CT molecular complexity index is 2260. The van der Waals surface area contributed by atoms with Gasteiger partial charge >= 0.3 is 5.97 Å². The minimum absolute atomic E-state index is 0.185. The molecule has 224 valence electrons. The second kappa shape index (κ2) is 12.2. The predicted octanol–water partition coefficient (Wildman–Crippen LogP) is 7.07. The Balaban J connectivity index is 1.45. The maximum atomic E-state index is 14.4. The number of aromatic nitrogens is 2. The molecule has 0 radical (unpaired) electrons. The van der Waals surface area contributed by atoms with Crippen molar-refractivity contribution in [2.24, 2.45) is 4.99 Å². The lowest BCUT2D eigenvalue weighted by Crippen LogP contribution is -2.39. The summed E-state index contributed by atoms with van der Waals surface area (Å²) in [6, 6.07) is 29.5. The van der Waals surface area contributed by atoms with Crippen molar-refractivity contribution >= 4 is 67.2 Å². The van der Waals surface area contributed by atoms with E-state index in [2.05, 4.69) is 63.8 Å². The molecule has 0 saturated carbocycles. The Hall–Kier alpha value is -4.31. The van der Waals surface area contributed by atoms with Crippen molar-refractivity contribution in [3.05, 3.63) is 153 Å². The van der Waals surface area contributed by atoms with E-state index >= 15 is 0 Å². The fourth-order valence-corrected chi connectivity index (χ4v) is 7.97. The number of thiophene rings is 1. The van der Waals surface area contributed by atoms with Gasteiger partial charge in [-0.3, -0.25) is 9.36 Å². The monoisotopic (exact) mass is 693 g/mol.